The van der Waals surface area contributed by atoms with Gasteiger partial charge in [0.1, 0.15) is 5.75 Å². The molecule has 1 atom stereocenters. The third kappa shape index (κ3) is 2.68. The average molecular weight is 242 g/mol. The van der Waals surface area contributed by atoms with Gasteiger partial charge in [0.15, 0.2) is 0 Å². The van der Waals surface area contributed by atoms with Gasteiger partial charge in [-0.1, -0.05) is 24.3 Å². The molecule has 0 aliphatic heterocycles. The minimum atomic E-state index is 0.0500. The summed E-state index contributed by atoms with van der Waals surface area (Å²) in [7, 11) is 1.93. The SMILES string of the molecule is CCOc1ccccc1C(NC)c1ccccn1. The number of ether oxygens (including phenoxy) is 1. The van der Waals surface area contributed by atoms with E-state index in [9.17, 15) is 0 Å². The highest BCUT2D eigenvalue weighted by Crippen LogP contribution is 2.28. The molecule has 3 nitrogen and oxygen atoms in total. The molecule has 94 valence electrons. The maximum Gasteiger partial charge on any atom is 0.124 e. The van der Waals surface area contributed by atoms with Gasteiger partial charge < -0.3 is 10.1 Å². The van der Waals surface area contributed by atoms with Gasteiger partial charge in [-0.2, -0.15) is 0 Å². The molecule has 1 heterocycles. The highest BCUT2D eigenvalue weighted by atomic mass is 16.5. The highest BCUT2D eigenvalue weighted by Gasteiger charge is 2.16. The maximum atomic E-state index is 5.67. The fraction of sp³-hybridized carbons (Fsp3) is 0.267. The smallest absolute Gasteiger partial charge is 0.124 e. The number of para-hydroxylation sites is 1. The summed E-state index contributed by atoms with van der Waals surface area (Å²) in [5, 5.41) is 3.29. The number of nitrogens with zero attached hydrogens (tertiary/aromatic N) is 1. The van der Waals surface area contributed by atoms with Gasteiger partial charge in [0.2, 0.25) is 0 Å². The van der Waals surface area contributed by atoms with Crippen LogP contribution in [0.2, 0.25) is 0 Å². The monoisotopic (exact) mass is 242 g/mol. The molecule has 2 aromatic rings. The van der Waals surface area contributed by atoms with E-state index in [1.807, 2.05) is 56.6 Å². The standard InChI is InChI=1S/C15H18N2O/c1-3-18-14-10-5-4-8-12(14)15(16-2)13-9-6-7-11-17-13/h4-11,15-16H,3H2,1-2H3. The molecular formula is C15H18N2O. The molecule has 0 amide bonds. The van der Waals surface area contributed by atoms with Crippen LogP contribution in [0.4, 0.5) is 0 Å². The molecule has 1 aromatic heterocycles. The predicted molar refractivity (Wildman–Crippen MR) is 72.8 cm³/mol. The first-order valence-electron chi connectivity index (χ1n) is 6.16. The van der Waals surface area contributed by atoms with Crippen LogP contribution >= 0.6 is 0 Å². The van der Waals surface area contributed by atoms with Crippen LogP contribution in [-0.4, -0.2) is 18.6 Å². The molecule has 0 bridgehead atoms. The van der Waals surface area contributed by atoms with Crippen molar-refractivity contribution >= 4 is 0 Å². The minimum absolute atomic E-state index is 0.0500. The van der Waals surface area contributed by atoms with E-state index in [1.54, 1.807) is 0 Å². The molecule has 0 aliphatic rings. The zero-order valence-corrected chi connectivity index (χ0v) is 10.8. The van der Waals surface area contributed by atoms with E-state index in [0.717, 1.165) is 17.0 Å². The Morgan fingerprint density at radius 2 is 1.94 bits per heavy atom. The van der Waals surface area contributed by atoms with Crippen molar-refractivity contribution in [3.05, 3.63) is 59.9 Å². The zero-order chi connectivity index (χ0) is 12.8. The summed E-state index contributed by atoms with van der Waals surface area (Å²) in [5.74, 6) is 0.907. The van der Waals surface area contributed by atoms with Gasteiger partial charge in [-0.3, -0.25) is 4.98 Å². The van der Waals surface area contributed by atoms with E-state index in [-0.39, 0.29) is 6.04 Å². The van der Waals surface area contributed by atoms with Crippen molar-refractivity contribution < 1.29 is 4.74 Å². The van der Waals surface area contributed by atoms with Crippen LogP contribution < -0.4 is 10.1 Å². The van der Waals surface area contributed by atoms with Crippen LogP contribution in [0.5, 0.6) is 5.75 Å². The lowest BCUT2D eigenvalue weighted by atomic mass is 10.0. The van der Waals surface area contributed by atoms with E-state index in [0.29, 0.717) is 6.61 Å². The number of rotatable bonds is 5. The van der Waals surface area contributed by atoms with E-state index in [4.69, 9.17) is 4.74 Å². The zero-order valence-electron chi connectivity index (χ0n) is 10.8. The molecule has 0 saturated carbocycles. The van der Waals surface area contributed by atoms with E-state index < -0.39 is 0 Å². The predicted octanol–water partition coefficient (Wildman–Crippen LogP) is 2.79. The Kier molecular flexibility index (Phi) is 4.31. The van der Waals surface area contributed by atoms with E-state index in [1.165, 1.54) is 0 Å². The average Bonchev–Trinajstić information content (AvgIpc) is 2.43. The minimum Gasteiger partial charge on any atom is -0.494 e. The Bertz CT molecular complexity index is 485. The summed E-state index contributed by atoms with van der Waals surface area (Å²) >= 11 is 0. The first kappa shape index (κ1) is 12.6. The van der Waals surface area contributed by atoms with Gasteiger partial charge in [0, 0.05) is 11.8 Å². The van der Waals surface area contributed by atoms with Gasteiger partial charge in [-0.25, -0.2) is 0 Å². The lowest BCUT2D eigenvalue weighted by molar-refractivity contribution is 0.334. The number of nitrogens with one attached hydrogen (secondary N) is 1. The summed E-state index contributed by atoms with van der Waals surface area (Å²) < 4.78 is 5.67. The van der Waals surface area contributed by atoms with E-state index in [2.05, 4.69) is 16.4 Å². The van der Waals surface area contributed by atoms with Crippen molar-refractivity contribution in [1.29, 1.82) is 0 Å². The normalized spacial score (nSPS) is 12.1. The van der Waals surface area contributed by atoms with Crippen molar-refractivity contribution in [2.24, 2.45) is 0 Å². The van der Waals surface area contributed by atoms with Crippen molar-refractivity contribution in [3.8, 4) is 5.75 Å². The third-order valence-electron chi connectivity index (χ3n) is 2.80. The third-order valence-corrected chi connectivity index (χ3v) is 2.80. The molecule has 0 saturated heterocycles. The largest absolute Gasteiger partial charge is 0.494 e. The maximum absolute atomic E-state index is 5.67. The van der Waals surface area contributed by atoms with Gasteiger partial charge in [-0.15, -0.1) is 0 Å². The van der Waals surface area contributed by atoms with Gasteiger partial charge in [-0.05, 0) is 32.2 Å². The molecule has 1 N–H and O–H groups in total. The van der Waals surface area contributed by atoms with Gasteiger partial charge in [0.25, 0.3) is 0 Å². The quantitative estimate of drug-likeness (QED) is 0.875. The van der Waals surface area contributed by atoms with Crippen molar-refractivity contribution in [1.82, 2.24) is 10.3 Å². The summed E-state index contributed by atoms with van der Waals surface area (Å²) in [5.41, 5.74) is 2.10. The lowest BCUT2D eigenvalue weighted by Gasteiger charge is -2.19. The number of hydrogen-bond acceptors (Lipinski definition) is 3. The first-order chi connectivity index (χ1) is 8.86. The molecule has 0 radical (unpaired) electrons. The van der Waals surface area contributed by atoms with Gasteiger partial charge >= 0.3 is 0 Å². The Balaban J connectivity index is 2.39. The fourth-order valence-electron chi connectivity index (χ4n) is 2.02. The topological polar surface area (TPSA) is 34.1 Å². The van der Waals surface area contributed by atoms with Crippen molar-refractivity contribution in [2.45, 2.75) is 13.0 Å². The molecule has 1 aromatic carbocycles. The van der Waals surface area contributed by atoms with Crippen LogP contribution in [0.25, 0.3) is 0 Å². The Morgan fingerprint density at radius 3 is 2.61 bits per heavy atom. The molecular weight excluding hydrogens is 224 g/mol. The van der Waals surface area contributed by atoms with Gasteiger partial charge in [0.05, 0.1) is 18.3 Å². The summed E-state index contributed by atoms with van der Waals surface area (Å²) in [6.45, 7) is 2.65. The number of aromatic nitrogens is 1. The van der Waals surface area contributed by atoms with Crippen LogP contribution in [0, 0.1) is 0 Å². The number of benzene rings is 1. The number of pyridine rings is 1. The van der Waals surface area contributed by atoms with Crippen LogP contribution in [0.3, 0.4) is 0 Å². The number of hydrogen-bond donors (Lipinski definition) is 1. The Labute approximate surface area is 108 Å². The summed E-state index contributed by atoms with van der Waals surface area (Å²) in [4.78, 5) is 4.41. The van der Waals surface area contributed by atoms with Crippen LogP contribution in [-0.2, 0) is 0 Å². The second-order valence-electron chi connectivity index (χ2n) is 3.95. The van der Waals surface area contributed by atoms with Crippen molar-refractivity contribution in [2.75, 3.05) is 13.7 Å². The summed E-state index contributed by atoms with van der Waals surface area (Å²) in [6, 6.07) is 14.1. The highest BCUT2D eigenvalue weighted by molar-refractivity contribution is 5.39. The Hall–Kier alpha value is -1.87. The second kappa shape index (κ2) is 6.17. The lowest BCUT2D eigenvalue weighted by Crippen LogP contribution is -2.19. The van der Waals surface area contributed by atoms with Crippen LogP contribution in [0.15, 0.2) is 48.7 Å². The summed E-state index contributed by atoms with van der Waals surface area (Å²) in [6.07, 6.45) is 1.81. The molecule has 18 heavy (non-hydrogen) atoms. The molecule has 2 rings (SSSR count). The fourth-order valence-corrected chi connectivity index (χ4v) is 2.02. The van der Waals surface area contributed by atoms with Crippen molar-refractivity contribution in [3.63, 3.8) is 0 Å². The van der Waals surface area contributed by atoms with Crippen LogP contribution in [0.1, 0.15) is 24.2 Å². The molecule has 1 unspecified atom stereocenters. The molecule has 0 spiro atoms. The molecule has 0 aliphatic carbocycles. The van der Waals surface area contributed by atoms with E-state index >= 15 is 0 Å². The second-order valence-corrected chi connectivity index (χ2v) is 3.95. The Morgan fingerprint density at radius 1 is 1.17 bits per heavy atom. The first-order valence-corrected chi connectivity index (χ1v) is 6.16. The molecule has 0 fully saturated rings. The molecule has 3 heteroatoms.